The average Bonchev–Trinajstić information content (AvgIpc) is 2.40. The van der Waals surface area contributed by atoms with Crippen molar-refractivity contribution in [2.75, 3.05) is 6.61 Å². The van der Waals surface area contributed by atoms with Gasteiger partial charge in [0.25, 0.3) is 0 Å². The smallest absolute Gasteiger partial charge is 0.136 e. The highest BCUT2D eigenvalue weighted by molar-refractivity contribution is 5.33. The fourth-order valence-electron chi connectivity index (χ4n) is 1.84. The second-order valence-corrected chi connectivity index (χ2v) is 3.97. The molecule has 0 spiro atoms. The van der Waals surface area contributed by atoms with Gasteiger partial charge in [0, 0.05) is 11.1 Å². The Morgan fingerprint density at radius 1 is 0.941 bits per heavy atom. The number of hydrogen-bond donors (Lipinski definition) is 1. The highest BCUT2D eigenvalue weighted by Crippen LogP contribution is 2.20. The molecule has 2 rings (SSSR count). The Balaban J connectivity index is 2.17. The molecule has 0 saturated heterocycles. The molecular formula is C15H18NO+. The number of benzene rings is 2. The van der Waals surface area contributed by atoms with E-state index in [9.17, 15) is 0 Å². The summed E-state index contributed by atoms with van der Waals surface area (Å²) in [5.41, 5.74) is 6.65. The summed E-state index contributed by atoms with van der Waals surface area (Å²) in [7, 11) is 0. The maximum Gasteiger partial charge on any atom is 0.136 e. The van der Waals surface area contributed by atoms with Crippen molar-refractivity contribution < 1.29 is 10.5 Å². The highest BCUT2D eigenvalue weighted by atomic mass is 16.5. The Kier molecular flexibility index (Phi) is 3.78. The van der Waals surface area contributed by atoms with E-state index in [4.69, 9.17) is 4.74 Å². The summed E-state index contributed by atoms with van der Waals surface area (Å²) in [6, 6.07) is 18.7. The van der Waals surface area contributed by atoms with Gasteiger partial charge in [0.2, 0.25) is 0 Å². The van der Waals surface area contributed by atoms with E-state index in [2.05, 4.69) is 30.0 Å². The normalized spacial score (nSPS) is 12.1. The first kappa shape index (κ1) is 11.7. The Morgan fingerprint density at radius 3 is 2.12 bits per heavy atom. The van der Waals surface area contributed by atoms with Crippen molar-refractivity contribution in [2.24, 2.45) is 0 Å². The van der Waals surface area contributed by atoms with Crippen molar-refractivity contribution in [1.82, 2.24) is 0 Å². The van der Waals surface area contributed by atoms with Crippen LogP contribution in [0.4, 0.5) is 0 Å². The molecule has 2 aromatic carbocycles. The molecule has 0 aromatic heterocycles. The number of hydrogen-bond acceptors (Lipinski definition) is 1. The van der Waals surface area contributed by atoms with Gasteiger partial charge in [-0.3, -0.25) is 0 Å². The Bertz CT molecular complexity index is 450. The van der Waals surface area contributed by atoms with Gasteiger partial charge in [-0.2, -0.15) is 0 Å². The van der Waals surface area contributed by atoms with Gasteiger partial charge in [-0.05, 0) is 31.2 Å². The lowest BCUT2D eigenvalue weighted by molar-refractivity contribution is -0.411. The van der Waals surface area contributed by atoms with Crippen LogP contribution < -0.4 is 10.5 Å². The zero-order valence-electron chi connectivity index (χ0n) is 10.1. The van der Waals surface area contributed by atoms with Gasteiger partial charge < -0.3 is 10.5 Å². The molecule has 88 valence electrons. The second kappa shape index (κ2) is 5.51. The fourth-order valence-corrected chi connectivity index (χ4v) is 1.84. The van der Waals surface area contributed by atoms with Crippen LogP contribution in [0.2, 0.25) is 0 Å². The SMILES string of the molecule is CCOc1ccc(C([NH3+])c2ccccc2)cc1. The highest BCUT2D eigenvalue weighted by Gasteiger charge is 2.11. The molecule has 0 radical (unpaired) electrons. The molecule has 0 saturated carbocycles. The largest absolute Gasteiger partial charge is 0.494 e. The van der Waals surface area contributed by atoms with Gasteiger partial charge in [0.15, 0.2) is 0 Å². The summed E-state index contributed by atoms with van der Waals surface area (Å²) in [6.07, 6.45) is 0. The van der Waals surface area contributed by atoms with E-state index >= 15 is 0 Å². The van der Waals surface area contributed by atoms with Crippen molar-refractivity contribution in [3.63, 3.8) is 0 Å². The third-order valence-corrected chi connectivity index (χ3v) is 2.80. The molecule has 2 nitrogen and oxygen atoms in total. The molecule has 0 aliphatic heterocycles. The fraction of sp³-hybridized carbons (Fsp3) is 0.200. The van der Waals surface area contributed by atoms with E-state index in [1.165, 1.54) is 11.1 Å². The minimum absolute atomic E-state index is 0.173. The van der Waals surface area contributed by atoms with Gasteiger partial charge in [-0.15, -0.1) is 0 Å². The van der Waals surface area contributed by atoms with Gasteiger partial charge in [-0.1, -0.05) is 30.3 Å². The lowest BCUT2D eigenvalue weighted by Gasteiger charge is -2.10. The first-order valence-electron chi connectivity index (χ1n) is 5.92. The molecule has 0 aliphatic carbocycles. The quantitative estimate of drug-likeness (QED) is 0.857. The molecule has 0 heterocycles. The van der Waals surface area contributed by atoms with Crippen LogP contribution in [0.5, 0.6) is 5.75 Å². The first-order valence-corrected chi connectivity index (χ1v) is 5.92. The van der Waals surface area contributed by atoms with Crippen LogP contribution in [0.1, 0.15) is 24.1 Å². The minimum atomic E-state index is 0.173. The summed E-state index contributed by atoms with van der Waals surface area (Å²) < 4.78 is 5.43. The van der Waals surface area contributed by atoms with Crippen LogP contribution in [0, 0.1) is 0 Å². The van der Waals surface area contributed by atoms with E-state index < -0.39 is 0 Å². The van der Waals surface area contributed by atoms with Crippen LogP contribution in [-0.4, -0.2) is 6.61 Å². The molecule has 2 aromatic rings. The van der Waals surface area contributed by atoms with Crippen LogP contribution in [0.15, 0.2) is 54.6 Å². The van der Waals surface area contributed by atoms with Crippen LogP contribution in [-0.2, 0) is 0 Å². The first-order chi connectivity index (χ1) is 8.31. The van der Waals surface area contributed by atoms with Crippen molar-refractivity contribution in [3.8, 4) is 5.75 Å². The van der Waals surface area contributed by atoms with E-state index in [1.807, 2.05) is 37.3 Å². The Hall–Kier alpha value is -1.80. The second-order valence-electron chi connectivity index (χ2n) is 3.97. The van der Waals surface area contributed by atoms with Crippen molar-refractivity contribution in [3.05, 3.63) is 65.7 Å². The van der Waals surface area contributed by atoms with Gasteiger partial charge in [-0.25, -0.2) is 0 Å². The summed E-state index contributed by atoms with van der Waals surface area (Å²) in [5, 5.41) is 0. The lowest BCUT2D eigenvalue weighted by atomic mass is 10.00. The van der Waals surface area contributed by atoms with Crippen molar-refractivity contribution in [2.45, 2.75) is 13.0 Å². The van der Waals surface area contributed by atoms with Gasteiger partial charge in [0.05, 0.1) is 6.61 Å². The van der Waals surface area contributed by atoms with Gasteiger partial charge in [0.1, 0.15) is 11.8 Å². The Labute approximate surface area is 102 Å². The van der Waals surface area contributed by atoms with E-state index in [1.54, 1.807) is 0 Å². The van der Waals surface area contributed by atoms with Gasteiger partial charge >= 0.3 is 0 Å². The zero-order chi connectivity index (χ0) is 12.1. The van der Waals surface area contributed by atoms with Crippen LogP contribution >= 0.6 is 0 Å². The van der Waals surface area contributed by atoms with Crippen LogP contribution in [0.25, 0.3) is 0 Å². The number of rotatable bonds is 4. The lowest BCUT2D eigenvalue weighted by Crippen LogP contribution is -2.53. The summed E-state index contributed by atoms with van der Waals surface area (Å²) >= 11 is 0. The van der Waals surface area contributed by atoms with Crippen LogP contribution in [0.3, 0.4) is 0 Å². The Morgan fingerprint density at radius 2 is 1.53 bits per heavy atom. The molecule has 0 bridgehead atoms. The molecule has 1 unspecified atom stereocenters. The standard InChI is InChI=1S/C15H17NO/c1-2-17-14-10-8-13(9-11-14)15(16)12-6-4-3-5-7-12/h3-11,15H,2,16H2,1H3/p+1. The third-order valence-electron chi connectivity index (χ3n) is 2.80. The van der Waals surface area contributed by atoms with E-state index in [0.29, 0.717) is 6.61 Å². The predicted octanol–water partition coefficient (Wildman–Crippen LogP) is 2.42. The monoisotopic (exact) mass is 228 g/mol. The van der Waals surface area contributed by atoms with E-state index in [-0.39, 0.29) is 6.04 Å². The molecule has 3 N–H and O–H groups in total. The number of ether oxygens (including phenoxy) is 1. The third kappa shape index (κ3) is 2.86. The molecule has 0 fully saturated rings. The maximum absolute atomic E-state index is 5.43. The molecule has 1 atom stereocenters. The topological polar surface area (TPSA) is 36.9 Å². The summed E-state index contributed by atoms with van der Waals surface area (Å²) in [6.45, 7) is 2.69. The number of quaternary nitrogens is 1. The van der Waals surface area contributed by atoms with E-state index in [0.717, 1.165) is 5.75 Å². The average molecular weight is 228 g/mol. The van der Waals surface area contributed by atoms with Crippen molar-refractivity contribution in [1.29, 1.82) is 0 Å². The molecule has 2 heteroatoms. The predicted molar refractivity (Wildman–Crippen MR) is 68.8 cm³/mol. The summed E-state index contributed by atoms with van der Waals surface area (Å²) in [4.78, 5) is 0. The molecule has 17 heavy (non-hydrogen) atoms. The maximum atomic E-state index is 5.43. The molecule has 0 amide bonds. The summed E-state index contributed by atoms with van der Waals surface area (Å²) in [5.74, 6) is 0.913. The van der Waals surface area contributed by atoms with Crippen molar-refractivity contribution >= 4 is 0 Å². The molecular weight excluding hydrogens is 210 g/mol. The molecule has 0 aliphatic rings. The zero-order valence-corrected chi connectivity index (χ0v) is 10.1. The minimum Gasteiger partial charge on any atom is -0.494 e.